The van der Waals surface area contributed by atoms with Crippen LogP contribution in [0.1, 0.15) is 10.4 Å². The zero-order valence-corrected chi connectivity index (χ0v) is 10.9. The quantitative estimate of drug-likeness (QED) is 0.494. The predicted octanol–water partition coefficient (Wildman–Crippen LogP) is 3.88. The zero-order chi connectivity index (χ0) is 14.6. The van der Waals surface area contributed by atoms with Gasteiger partial charge in [0.2, 0.25) is 0 Å². The van der Waals surface area contributed by atoms with Crippen LogP contribution in [0, 0.1) is 0 Å². The molecule has 4 nitrogen and oxygen atoms in total. The van der Waals surface area contributed by atoms with Gasteiger partial charge in [-0.25, -0.2) is 4.79 Å². The van der Waals surface area contributed by atoms with Gasteiger partial charge in [0.1, 0.15) is 11.3 Å². The molecule has 0 amide bonds. The molecule has 4 heteroatoms. The average molecular weight is 277 g/mol. The largest absolute Gasteiger partial charge is 0.507 e. The average Bonchev–Trinajstić information content (AvgIpc) is 2.79. The van der Waals surface area contributed by atoms with Crippen LogP contribution in [-0.2, 0) is 0 Å². The highest BCUT2D eigenvalue weighted by atomic mass is 16.4. The molecule has 4 rings (SSSR count). The first-order valence-electron chi connectivity index (χ1n) is 6.54. The maximum Gasteiger partial charge on any atom is 0.339 e. The molecule has 0 saturated heterocycles. The number of aromatic nitrogens is 1. The van der Waals surface area contributed by atoms with E-state index in [1.807, 2.05) is 36.4 Å². The first-order chi connectivity index (χ1) is 10.1. The SMILES string of the molecule is O=C(O)c1cc2c(cc1O)[nH]c1cc3ccccc3cc12. The summed E-state index contributed by atoms with van der Waals surface area (Å²) in [5, 5.41) is 22.9. The number of rotatable bonds is 1. The fraction of sp³-hybridized carbons (Fsp3) is 0. The van der Waals surface area contributed by atoms with Crippen molar-refractivity contribution in [1.29, 1.82) is 0 Å². The summed E-state index contributed by atoms with van der Waals surface area (Å²) in [7, 11) is 0. The Hall–Kier alpha value is -3.01. The van der Waals surface area contributed by atoms with Gasteiger partial charge in [-0.15, -0.1) is 0 Å². The lowest BCUT2D eigenvalue weighted by atomic mass is 10.0. The number of carbonyl (C=O) groups is 1. The molecule has 0 saturated carbocycles. The molecule has 0 aliphatic carbocycles. The van der Waals surface area contributed by atoms with Crippen molar-refractivity contribution in [3.63, 3.8) is 0 Å². The normalized spacial score (nSPS) is 11.4. The second kappa shape index (κ2) is 3.99. The molecule has 0 unspecified atom stereocenters. The Kier molecular flexibility index (Phi) is 2.24. The summed E-state index contributed by atoms with van der Waals surface area (Å²) >= 11 is 0. The van der Waals surface area contributed by atoms with Gasteiger partial charge in [-0.05, 0) is 29.0 Å². The first-order valence-corrected chi connectivity index (χ1v) is 6.54. The number of nitrogens with one attached hydrogen (secondary N) is 1. The molecule has 0 aliphatic heterocycles. The summed E-state index contributed by atoms with van der Waals surface area (Å²) in [5.74, 6) is -1.37. The van der Waals surface area contributed by atoms with Crippen LogP contribution >= 0.6 is 0 Å². The minimum absolute atomic E-state index is 0.0865. The van der Waals surface area contributed by atoms with E-state index in [9.17, 15) is 9.90 Å². The molecular weight excluding hydrogens is 266 g/mol. The Bertz CT molecular complexity index is 1030. The van der Waals surface area contributed by atoms with Crippen LogP contribution in [0.3, 0.4) is 0 Å². The number of aromatic carboxylic acids is 1. The molecule has 1 aromatic heterocycles. The van der Waals surface area contributed by atoms with Crippen LogP contribution < -0.4 is 0 Å². The molecule has 3 aromatic carbocycles. The van der Waals surface area contributed by atoms with Crippen molar-refractivity contribution in [3.8, 4) is 5.75 Å². The summed E-state index contributed by atoms with van der Waals surface area (Å²) in [4.78, 5) is 14.4. The van der Waals surface area contributed by atoms with E-state index in [1.54, 1.807) is 0 Å². The molecule has 0 radical (unpaired) electrons. The molecule has 0 aliphatic rings. The van der Waals surface area contributed by atoms with Crippen LogP contribution in [0.5, 0.6) is 5.75 Å². The van der Waals surface area contributed by atoms with Gasteiger partial charge in [-0.3, -0.25) is 0 Å². The number of benzene rings is 3. The highest BCUT2D eigenvalue weighted by Gasteiger charge is 2.14. The predicted molar refractivity (Wildman–Crippen MR) is 81.9 cm³/mol. The van der Waals surface area contributed by atoms with Gasteiger partial charge < -0.3 is 15.2 Å². The number of hydrogen-bond acceptors (Lipinski definition) is 2. The van der Waals surface area contributed by atoms with Gasteiger partial charge in [-0.1, -0.05) is 24.3 Å². The maximum atomic E-state index is 11.2. The second-order valence-electron chi connectivity index (χ2n) is 5.09. The van der Waals surface area contributed by atoms with Crippen LogP contribution in [0.2, 0.25) is 0 Å². The van der Waals surface area contributed by atoms with Crippen LogP contribution in [0.25, 0.3) is 32.6 Å². The van der Waals surface area contributed by atoms with E-state index >= 15 is 0 Å². The van der Waals surface area contributed by atoms with Crippen molar-refractivity contribution in [1.82, 2.24) is 4.98 Å². The van der Waals surface area contributed by atoms with Gasteiger partial charge in [0.05, 0.1) is 5.52 Å². The van der Waals surface area contributed by atoms with Crippen molar-refractivity contribution < 1.29 is 15.0 Å². The Morgan fingerprint density at radius 1 is 0.905 bits per heavy atom. The number of carboxylic acid groups (broad SMARTS) is 1. The molecule has 1 heterocycles. The topological polar surface area (TPSA) is 73.3 Å². The second-order valence-corrected chi connectivity index (χ2v) is 5.09. The molecule has 0 spiro atoms. The summed E-state index contributed by atoms with van der Waals surface area (Å²) in [5.41, 5.74) is 1.56. The van der Waals surface area contributed by atoms with Crippen molar-refractivity contribution in [2.24, 2.45) is 0 Å². The number of aromatic hydroxyl groups is 1. The van der Waals surface area contributed by atoms with E-state index in [0.717, 1.165) is 32.6 Å². The highest BCUT2D eigenvalue weighted by Crippen LogP contribution is 2.33. The van der Waals surface area contributed by atoms with E-state index in [0.29, 0.717) is 0 Å². The van der Waals surface area contributed by atoms with Gasteiger partial charge >= 0.3 is 5.97 Å². The molecule has 21 heavy (non-hydrogen) atoms. The van der Waals surface area contributed by atoms with Crippen molar-refractivity contribution in [2.75, 3.05) is 0 Å². The lowest BCUT2D eigenvalue weighted by Gasteiger charge is -2.00. The highest BCUT2D eigenvalue weighted by molar-refractivity contribution is 6.13. The Labute approximate surface area is 119 Å². The zero-order valence-electron chi connectivity index (χ0n) is 10.9. The Balaban J connectivity index is 2.17. The molecule has 102 valence electrons. The molecule has 3 N–H and O–H groups in total. The number of phenols is 1. The van der Waals surface area contributed by atoms with Crippen LogP contribution in [0.15, 0.2) is 48.5 Å². The summed E-state index contributed by atoms with van der Waals surface area (Å²) in [6.07, 6.45) is 0. The van der Waals surface area contributed by atoms with Crippen molar-refractivity contribution in [3.05, 3.63) is 54.1 Å². The first kappa shape index (κ1) is 11.8. The number of aromatic amines is 1. The maximum absolute atomic E-state index is 11.2. The summed E-state index contributed by atoms with van der Waals surface area (Å²) in [6, 6.07) is 15.0. The summed E-state index contributed by atoms with van der Waals surface area (Å²) in [6.45, 7) is 0. The van der Waals surface area contributed by atoms with Crippen molar-refractivity contribution >= 4 is 38.5 Å². The Morgan fingerprint density at radius 2 is 1.52 bits per heavy atom. The molecule has 0 fully saturated rings. The van der Waals surface area contributed by atoms with Gasteiger partial charge in [0.25, 0.3) is 0 Å². The van der Waals surface area contributed by atoms with Crippen LogP contribution in [0.4, 0.5) is 0 Å². The summed E-state index contributed by atoms with van der Waals surface area (Å²) < 4.78 is 0. The fourth-order valence-corrected chi connectivity index (χ4v) is 2.80. The molecular formula is C17H11NO3. The third-order valence-corrected chi connectivity index (χ3v) is 3.81. The third-order valence-electron chi connectivity index (χ3n) is 3.81. The number of H-pyrrole nitrogens is 1. The number of carboxylic acids is 1. The van der Waals surface area contributed by atoms with E-state index in [2.05, 4.69) is 4.98 Å². The lowest BCUT2D eigenvalue weighted by molar-refractivity contribution is 0.0694. The van der Waals surface area contributed by atoms with Crippen LogP contribution in [-0.4, -0.2) is 21.2 Å². The standard InChI is InChI=1S/C17H11NO3/c19-16-8-15-12(7-13(16)17(20)21)11-5-9-3-1-2-4-10(9)6-14(11)18-15/h1-8,18-19H,(H,20,21). The van der Waals surface area contributed by atoms with E-state index in [1.165, 1.54) is 12.1 Å². The van der Waals surface area contributed by atoms with E-state index in [4.69, 9.17) is 5.11 Å². The lowest BCUT2D eigenvalue weighted by Crippen LogP contribution is -1.96. The smallest absolute Gasteiger partial charge is 0.339 e. The number of hydrogen-bond donors (Lipinski definition) is 3. The minimum atomic E-state index is -1.13. The molecule has 0 bridgehead atoms. The van der Waals surface area contributed by atoms with Gasteiger partial charge in [-0.2, -0.15) is 0 Å². The molecule has 0 atom stereocenters. The van der Waals surface area contributed by atoms with E-state index < -0.39 is 5.97 Å². The monoisotopic (exact) mass is 277 g/mol. The van der Waals surface area contributed by atoms with Gasteiger partial charge in [0, 0.05) is 22.4 Å². The van der Waals surface area contributed by atoms with E-state index in [-0.39, 0.29) is 11.3 Å². The molecule has 4 aromatic rings. The van der Waals surface area contributed by atoms with Gasteiger partial charge in [0.15, 0.2) is 0 Å². The third kappa shape index (κ3) is 1.66. The number of fused-ring (bicyclic) bond motifs is 4. The Morgan fingerprint density at radius 3 is 2.24 bits per heavy atom. The fourth-order valence-electron chi connectivity index (χ4n) is 2.80. The van der Waals surface area contributed by atoms with Crippen molar-refractivity contribution in [2.45, 2.75) is 0 Å². The minimum Gasteiger partial charge on any atom is -0.507 e.